The zero-order chi connectivity index (χ0) is 23.1. The number of ether oxygens (including phenoxy) is 1. The quantitative estimate of drug-likeness (QED) is 0.405. The molecule has 172 valence electrons. The van der Waals surface area contributed by atoms with E-state index < -0.39 is 0 Å². The number of nitrogens with one attached hydrogen (secondary N) is 1. The molecule has 7 nitrogen and oxygen atoms in total. The number of benzene rings is 2. The summed E-state index contributed by atoms with van der Waals surface area (Å²) in [6.45, 7) is 7.02. The van der Waals surface area contributed by atoms with Gasteiger partial charge in [-0.15, -0.1) is 10.2 Å². The number of anilines is 1. The number of hydrogen-bond donors (Lipinski definition) is 2. The standard InChI is InChI=1S/C25H35N5O2/c1-6-18-16-21(19-10-12-20(13-11-19)30(4)5)22(31)17-23(18)32-15-9-7-8-14-25(2,3)24-26-28-29-27-24/h10-13,16-17,31H,6-9,14-15H2,1-5H3,(H,26,27,28,29). The van der Waals surface area contributed by atoms with Crippen molar-refractivity contribution in [2.45, 2.75) is 58.3 Å². The number of rotatable bonds is 11. The van der Waals surface area contributed by atoms with Crippen LogP contribution in [-0.4, -0.2) is 46.4 Å². The van der Waals surface area contributed by atoms with Crippen molar-refractivity contribution in [2.24, 2.45) is 0 Å². The highest BCUT2D eigenvalue weighted by atomic mass is 16.5. The van der Waals surface area contributed by atoms with Gasteiger partial charge in [0, 0.05) is 36.8 Å². The third-order valence-corrected chi connectivity index (χ3v) is 5.91. The van der Waals surface area contributed by atoms with Gasteiger partial charge in [-0.2, -0.15) is 5.21 Å². The summed E-state index contributed by atoms with van der Waals surface area (Å²) in [6.07, 6.45) is 4.93. The summed E-state index contributed by atoms with van der Waals surface area (Å²) in [5.41, 5.74) is 3.98. The Morgan fingerprint density at radius 3 is 2.44 bits per heavy atom. The summed E-state index contributed by atoms with van der Waals surface area (Å²) < 4.78 is 6.05. The highest BCUT2D eigenvalue weighted by Gasteiger charge is 2.24. The lowest BCUT2D eigenvalue weighted by Crippen LogP contribution is -2.19. The molecule has 0 aliphatic rings. The topological polar surface area (TPSA) is 87.2 Å². The number of aryl methyl sites for hydroxylation is 1. The smallest absolute Gasteiger partial charge is 0.180 e. The molecule has 0 bridgehead atoms. The minimum Gasteiger partial charge on any atom is -0.507 e. The average Bonchev–Trinajstić information content (AvgIpc) is 3.32. The number of aromatic nitrogens is 4. The Morgan fingerprint density at radius 1 is 1.06 bits per heavy atom. The highest BCUT2D eigenvalue weighted by Crippen LogP contribution is 2.36. The molecular weight excluding hydrogens is 402 g/mol. The Labute approximate surface area is 190 Å². The lowest BCUT2D eigenvalue weighted by Gasteiger charge is -2.20. The third kappa shape index (κ3) is 5.78. The first-order valence-corrected chi connectivity index (χ1v) is 11.3. The van der Waals surface area contributed by atoms with E-state index in [1.807, 2.05) is 32.3 Å². The Kier molecular flexibility index (Phi) is 7.72. The van der Waals surface area contributed by atoms with Crippen molar-refractivity contribution in [1.82, 2.24) is 20.6 Å². The van der Waals surface area contributed by atoms with Crippen molar-refractivity contribution < 1.29 is 9.84 Å². The summed E-state index contributed by atoms with van der Waals surface area (Å²) in [5.74, 6) is 1.77. The van der Waals surface area contributed by atoms with Gasteiger partial charge in [0.05, 0.1) is 6.61 Å². The van der Waals surface area contributed by atoms with Crippen LogP contribution in [0.25, 0.3) is 11.1 Å². The van der Waals surface area contributed by atoms with Gasteiger partial charge in [0.2, 0.25) is 0 Å². The molecule has 0 radical (unpaired) electrons. The van der Waals surface area contributed by atoms with Gasteiger partial charge < -0.3 is 14.7 Å². The molecule has 0 atom stereocenters. The second-order valence-corrected chi connectivity index (χ2v) is 9.05. The molecule has 0 saturated carbocycles. The first kappa shape index (κ1) is 23.6. The minimum atomic E-state index is -0.0877. The van der Waals surface area contributed by atoms with Crippen molar-refractivity contribution in [1.29, 1.82) is 0 Å². The molecule has 0 unspecified atom stereocenters. The largest absolute Gasteiger partial charge is 0.507 e. The predicted octanol–water partition coefficient (Wildman–Crippen LogP) is 5.12. The highest BCUT2D eigenvalue weighted by molar-refractivity contribution is 5.74. The fraction of sp³-hybridized carbons (Fsp3) is 0.480. The molecule has 7 heteroatoms. The number of unbranched alkanes of at least 4 members (excludes halogenated alkanes) is 2. The second kappa shape index (κ2) is 10.5. The van der Waals surface area contributed by atoms with E-state index >= 15 is 0 Å². The van der Waals surface area contributed by atoms with Gasteiger partial charge in [-0.05, 0) is 48.6 Å². The summed E-state index contributed by atoms with van der Waals surface area (Å²) in [7, 11) is 4.03. The monoisotopic (exact) mass is 437 g/mol. The molecule has 3 aromatic rings. The molecule has 2 aromatic carbocycles. The van der Waals surface area contributed by atoms with Crippen LogP contribution in [-0.2, 0) is 11.8 Å². The van der Waals surface area contributed by atoms with E-state index in [2.05, 4.69) is 58.4 Å². The van der Waals surface area contributed by atoms with Crippen molar-refractivity contribution >= 4 is 5.69 Å². The Balaban J connectivity index is 1.55. The molecule has 0 spiro atoms. The van der Waals surface area contributed by atoms with Crippen LogP contribution in [0.5, 0.6) is 11.5 Å². The normalized spacial score (nSPS) is 11.5. The van der Waals surface area contributed by atoms with Gasteiger partial charge in [-0.25, -0.2) is 0 Å². The third-order valence-electron chi connectivity index (χ3n) is 5.91. The number of tetrazole rings is 1. The summed E-state index contributed by atoms with van der Waals surface area (Å²) in [6, 6.07) is 12.0. The van der Waals surface area contributed by atoms with Gasteiger partial charge in [-0.3, -0.25) is 0 Å². The minimum absolute atomic E-state index is 0.0877. The lowest BCUT2D eigenvalue weighted by molar-refractivity contribution is 0.296. The maximum absolute atomic E-state index is 10.7. The number of aromatic hydroxyl groups is 1. The summed E-state index contributed by atoms with van der Waals surface area (Å²) in [5, 5.41) is 25.1. The van der Waals surface area contributed by atoms with E-state index in [-0.39, 0.29) is 11.2 Å². The molecule has 32 heavy (non-hydrogen) atoms. The van der Waals surface area contributed by atoms with Gasteiger partial charge in [0.25, 0.3) is 0 Å². The van der Waals surface area contributed by atoms with Gasteiger partial charge in [-0.1, -0.05) is 51.0 Å². The molecule has 0 aliphatic carbocycles. The number of phenolic OH excluding ortho intramolecular Hbond substituents is 1. The number of nitrogens with zero attached hydrogens (tertiary/aromatic N) is 4. The lowest BCUT2D eigenvalue weighted by atomic mass is 9.86. The SMILES string of the molecule is CCc1cc(-c2ccc(N(C)C)cc2)c(O)cc1OCCCCCC(C)(C)c1nn[nH]n1. The number of hydrogen-bond acceptors (Lipinski definition) is 6. The molecule has 1 aromatic heterocycles. The maximum atomic E-state index is 10.7. The number of H-pyrrole nitrogens is 1. The summed E-state index contributed by atoms with van der Waals surface area (Å²) >= 11 is 0. The van der Waals surface area contributed by atoms with Crippen LogP contribution in [0, 0.1) is 0 Å². The fourth-order valence-electron chi connectivity index (χ4n) is 3.78. The number of aromatic amines is 1. The van der Waals surface area contributed by atoms with E-state index in [0.29, 0.717) is 6.61 Å². The molecule has 1 heterocycles. The molecule has 0 saturated heterocycles. The maximum Gasteiger partial charge on any atom is 0.180 e. The van der Waals surface area contributed by atoms with E-state index in [1.54, 1.807) is 6.07 Å². The zero-order valence-corrected chi connectivity index (χ0v) is 19.9. The second-order valence-electron chi connectivity index (χ2n) is 9.05. The summed E-state index contributed by atoms with van der Waals surface area (Å²) in [4.78, 5) is 2.06. The Morgan fingerprint density at radius 2 is 1.81 bits per heavy atom. The first-order valence-electron chi connectivity index (χ1n) is 11.3. The predicted molar refractivity (Wildman–Crippen MR) is 128 cm³/mol. The van der Waals surface area contributed by atoms with E-state index in [4.69, 9.17) is 4.74 Å². The van der Waals surface area contributed by atoms with Crippen LogP contribution in [0.3, 0.4) is 0 Å². The Bertz CT molecular complexity index is 982. The van der Waals surface area contributed by atoms with Crippen LogP contribution >= 0.6 is 0 Å². The van der Waals surface area contributed by atoms with E-state index in [9.17, 15) is 5.11 Å². The molecule has 3 rings (SSSR count). The molecular formula is C25H35N5O2. The Hall–Kier alpha value is -3.09. The van der Waals surface area contributed by atoms with E-state index in [1.165, 1.54) is 0 Å². The average molecular weight is 438 g/mol. The first-order chi connectivity index (χ1) is 15.3. The molecule has 2 N–H and O–H groups in total. The number of phenols is 1. The van der Waals surface area contributed by atoms with Gasteiger partial charge in [0.1, 0.15) is 11.5 Å². The van der Waals surface area contributed by atoms with Crippen LogP contribution in [0.2, 0.25) is 0 Å². The van der Waals surface area contributed by atoms with Crippen molar-refractivity contribution in [2.75, 3.05) is 25.6 Å². The van der Waals surface area contributed by atoms with E-state index in [0.717, 1.165) is 66.1 Å². The van der Waals surface area contributed by atoms with Crippen LogP contribution in [0.4, 0.5) is 5.69 Å². The van der Waals surface area contributed by atoms with Crippen LogP contribution < -0.4 is 9.64 Å². The molecule has 0 amide bonds. The van der Waals surface area contributed by atoms with Crippen LogP contribution in [0.1, 0.15) is 57.8 Å². The van der Waals surface area contributed by atoms with Gasteiger partial charge >= 0.3 is 0 Å². The van der Waals surface area contributed by atoms with Gasteiger partial charge in [0.15, 0.2) is 5.82 Å². The fourth-order valence-corrected chi connectivity index (χ4v) is 3.78. The molecule has 0 aliphatic heterocycles. The van der Waals surface area contributed by atoms with Crippen molar-refractivity contribution in [3.63, 3.8) is 0 Å². The van der Waals surface area contributed by atoms with Crippen molar-refractivity contribution in [3.05, 3.63) is 47.8 Å². The van der Waals surface area contributed by atoms with Crippen molar-refractivity contribution in [3.8, 4) is 22.6 Å². The zero-order valence-electron chi connectivity index (χ0n) is 19.9. The molecule has 0 fully saturated rings. The van der Waals surface area contributed by atoms with Crippen LogP contribution in [0.15, 0.2) is 36.4 Å².